The topological polar surface area (TPSA) is 65.1 Å². The second-order valence-electron chi connectivity index (χ2n) is 6.53. The van der Waals surface area contributed by atoms with Crippen LogP contribution in [0.3, 0.4) is 0 Å². The monoisotopic (exact) mass is 417 g/mol. The number of ether oxygens (including phenoxy) is 3. The second-order valence-corrected chi connectivity index (χ2v) is 7.51. The van der Waals surface area contributed by atoms with Gasteiger partial charge in [-0.2, -0.15) is 0 Å². The maximum atomic E-state index is 12.8. The molecule has 0 aliphatic rings. The molecule has 0 atom stereocenters. The molecule has 0 bridgehead atoms. The zero-order valence-electron chi connectivity index (χ0n) is 17.3. The zero-order chi connectivity index (χ0) is 21.2. The predicted octanol–water partition coefficient (Wildman–Crippen LogP) is 3.45. The molecule has 6 nitrogen and oxygen atoms in total. The number of benzene rings is 2. The first-order valence-electron chi connectivity index (χ1n) is 9.15. The Balaban J connectivity index is 2.06. The number of hydrogen-bond acceptors (Lipinski definition) is 6. The molecular weight excluding hydrogens is 390 g/mol. The predicted molar refractivity (Wildman–Crippen MR) is 114 cm³/mol. The lowest BCUT2D eigenvalue weighted by molar-refractivity contribution is -0.146. The lowest BCUT2D eigenvalue weighted by atomic mass is 10.2. The molecule has 2 aromatic carbocycles. The van der Waals surface area contributed by atoms with E-state index >= 15 is 0 Å². The van der Waals surface area contributed by atoms with Gasteiger partial charge in [-0.05, 0) is 30.2 Å². The summed E-state index contributed by atoms with van der Waals surface area (Å²) in [4.78, 5) is 26.1. The summed E-state index contributed by atoms with van der Waals surface area (Å²) in [6, 6.07) is 13.6. The summed E-state index contributed by atoms with van der Waals surface area (Å²) in [6.45, 7) is 2.19. The molecular formula is C22H27NO5S. The van der Waals surface area contributed by atoms with Crippen molar-refractivity contribution in [3.05, 3.63) is 59.2 Å². The van der Waals surface area contributed by atoms with Gasteiger partial charge in [0, 0.05) is 18.4 Å². The Bertz CT molecular complexity index is 817. The number of amides is 1. The molecule has 0 aromatic heterocycles. The van der Waals surface area contributed by atoms with Crippen molar-refractivity contribution >= 4 is 23.6 Å². The second kappa shape index (κ2) is 11.4. The van der Waals surface area contributed by atoms with Crippen LogP contribution in [0, 0.1) is 6.92 Å². The van der Waals surface area contributed by atoms with Crippen LogP contribution in [0.25, 0.3) is 0 Å². The molecule has 0 heterocycles. The molecule has 0 aliphatic carbocycles. The van der Waals surface area contributed by atoms with Crippen molar-refractivity contribution in [2.24, 2.45) is 0 Å². The third-order valence-corrected chi connectivity index (χ3v) is 5.25. The highest BCUT2D eigenvalue weighted by Crippen LogP contribution is 2.24. The molecule has 0 fully saturated rings. The lowest BCUT2D eigenvalue weighted by Crippen LogP contribution is -2.36. The number of carbonyl (C=O) groups excluding carboxylic acids is 2. The molecule has 156 valence electrons. The summed E-state index contributed by atoms with van der Waals surface area (Å²) >= 11 is 1.52. The first-order valence-corrected chi connectivity index (χ1v) is 10.3. The van der Waals surface area contributed by atoms with E-state index in [0.717, 1.165) is 11.3 Å². The van der Waals surface area contributed by atoms with Crippen molar-refractivity contribution in [3.63, 3.8) is 0 Å². The third-order valence-electron chi connectivity index (χ3n) is 4.26. The Morgan fingerprint density at radius 2 is 1.66 bits per heavy atom. The van der Waals surface area contributed by atoms with Crippen LogP contribution in [0.5, 0.6) is 11.5 Å². The Morgan fingerprint density at radius 1 is 0.966 bits per heavy atom. The number of hydrogen-bond donors (Lipinski definition) is 0. The summed E-state index contributed by atoms with van der Waals surface area (Å²) in [7, 11) is 4.45. The molecule has 0 aliphatic heterocycles. The molecule has 0 saturated carbocycles. The quantitative estimate of drug-likeness (QED) is 0.552. The van der Waals surface area contributed by atoms with E-state index < -0.39 is 5.97 Å². The van der Waals surface area contributed by atoms with E-state index in [1.807, 2.05) is 37.3 Å². The third kappa shape index (κ3) is 7.34. The number of thioether (sulfide) groups is 1. The molecule has 1 amide bonds. The van der Waals surface area contributed by atoms with Gasteiger partial charge in [0.15, 0.2) is 0 Å². The van der Waals surface area contributed by atoms with E-state index in [9.17, 15) is 9.59 Å². The number of methoxy groups -OCH3 is 3. The van der Waals surface area contributed by atoms with Gasteiger partial charge in [0.25, 0.3) is 0 Å². The van der Waals surface area contributed by atoms with E-state index in [-0.39, 0.29) is 24.7 Å². The minimum Gasteiger partial charge on any atom is -0.497 e. The van der Waals surface area contributed by atoms with Crippen molar-refractivity contribution in [1.29, 1.82) is 0 Å². The van der Waals surface area contributed by atoms with E-state index in [1.165, 1.54) is 34.9 Å². The van der Waals surface area contributed by atoms with Crippen LogP contribution in [-0.2, 0) is 26.6 Å². The van der Waals surface area contributed by atoms with Gasteiger partial charge >= 0.3 is 5.97 Å². The zero-order valence-corrected chi connectivity index (χ0v) is 18.1. The highest BCUT2D eigenvalue weighted by Gasteiger charge is 2.19. The standard InChI is InChI=1S/C22H27NO5S/c1-16-6-5-7-17(8-16)14-29-15-21(24)23(13-22(25)28-4)12-18-9-19(26-2)11-20(10-18)27-3/h5-11H,12-15H2,1-4H3. The van der Waals surface area contributed by atoms with Crippen LogP contribution < -0.4 is 9.47 Å². The van der Waals surface area contributed by atoms with Crippen LogP contribution in [0.15, 0.2) is 42.5 Å². The van der Waals surface area contributed by atoms with Gasteiger partial charge in [-0.25, -0.2) is 0 Å². The van der Waals surface area contributed by atoms with Crippen LogP contribution in [0.2, 0.25) is 0 Å². The maximum absolute atomic E-state index is 12.8. The molecule has 0 saturated heterocycles. The van der Waals surface area contributed by atoms with Gasteiger partial charge < -0.3 is 19.1 Å². The number of aryl methyl sites for hydroxylation is 1. The fourth-order valence-corrected chi connectivity index (χ4v) is 3.65. The molecule has 0 spiro atoms. The summed E-state index contributed by atoms with van der Waals surface area (Å²) < 4.78 is 15.3. The van der Waals surface area contributed by atoms with E-state index in [1.54, 1.807) is 20.3 Å². The fraction of sp³-hybridized carbons (Fsp3) is 0.364. The van der Waals surface area contributed by atoms with Crippen molar-refractivity contribution in [2.75, 3.05) is 33.6 Å². The van der Waals surface area contributed by atoms with Gasteiger partial charge in [-0.15, -0.1) is 11.8 Å². The lowest BCUT2D eigenvalue weighted by Gasteiger charge is -2.22. The van der Waals surface area contributed by atoms with Crippen molar-refractivity contribution in [2.45, 2.75) is 19.2 Å². The van der Waals surface area contributed by atoms with Gasteiger partial charge in [-0.1, -0.05) is 29.8 Å². The van der Waals surface area contributed by atoms with Crippen molar-refractivity contribution in [3.8, 4) is 11.5 Å². The molecule has 2 aromatic rings. The highest BCUT2D eigenvalue weighted by molar-refractivity contribution is 7.99. The number of carbonyl (C=O) groups is 2. The van der Waals surface area contributed by atoms with E-state index in [2.05, 4.69) is 6.07 Å². The average molecular weight is 418 g/mol. The van der Waals surface area contributed by atoms with Gasteiger partial charge in [0.1, 0.15) is 18.0 Å². The SMILES string of the molecule is COC(=O)CN(Cc1cc(OC)cc(OC)c1)C(=O)CSCc1cccc(C)c1. The summed E-state index contributed by atoms with van der Waals surface area (Å²) in [5.74, 6) is 1.66. The number of nitrogens with zero attached hydrogens (tertiary/aromatic N) is 1. The molecule has 0 unspecified atom stereocenters. The molecule has 29 heavy (non-hydrogen) atoms. The minimum atomic E-state index is -0.461. The molecule has 0 radical (unpaired) electrons. The van der Waals surface area contributed by atoms with Crippen LogP contribution >= 0.6 is 11.8 Å². The minimum absolute atomic E-state index is 0.111. The summed E-state index contributed by atoms with van der Waals surface area (Å²) in [5, 5.41) is 0. The Labute approximate surface area is 176 Å². The van der Waals surface area contributed by atoms with Crippen LogP contribution in [0.4, 0.5) is 0 Å². The average Bonchev–Trinajstić information content (AvgIpc) is 2.72. The first-order chi connectivity index (χ1) is 13.9. The smallest absolute Gasteiger partial charge is 0.325 e. The summed E-state index contributed by atoms with van der Waals surface area (Å²) in [6.07, 6.45) is 0. The largest absolute Gasteiger partial charge is 0.497 e. The molecule has 0 N–H and O–H groups in total. The van der Waals surface area contributed by atoms with Gasteiger partial charge in [0.2, 0.25) is 5.91 Å². The maximum Gasteiger partial charge on any atom is 0.325 e. The first kappa shape index (κ1) is 22.6. The van der Waals surface area contributed by atoms with Gasteiger partial charge in [0.05, 0.1) is 27.1 Å². The Kier molecular flexibility index (Phi) is 8.86. The molecule has 2 rings (SSSR count). The Morgan fingerprint density at radius 3 is 2.24 bits per heavy atom. The van der Waals surface area contributed by atoms with Crippen molar-refractivity contribution < 1.29 is 23.8 Å². The van der Waals surface area contributed by atoms with Crippen LogP contribution in [-0.4, -0.2) is 50.4 Å². The fourth-order valence-electron chi connectivity index (χ4n) is 2.78. The van der Waals surface area contributed by atoms with E-state index in [4.69, 9.17) is 14.2 Å². The van der Waals surface area contributed by atoms with Crippen LogP contribution in [0.1, 0.15) is 16.7 Å². The Hall–Kier alpha value is -2.67. The number of rotatable bonds is 10. The van der Waals surface area contributed by atoms with E-state index in [0.29, 0.717) is 11.5 Å². The summed E-state index contributed by atoms with van der Waals surface area (Å²) in [5.41, 5.74) is 3.16. The van der Waals surface area contributed by atoms with Crippen molar-refractivity contribution in [1.82, 2.24) is 4.90 Å². The van der Waals surface area contributed by atoms with Gasteiger partial charge in [-0.3, -0.25) is 9.59 Å². The highest BCUT2D eigenvalue weighted by atomic mass is 32.2. The number of esters is 1. The normalized spacial score (nSPS) is 10.3. The molecule has 7 heteroatoms.